The summed E-state index contributed by atoms with van der Waals surface area (Å²) in [6.07, 6.45) is 4.09. The van der Waals surface area contributed by atoms with Crippen LogP contribution in [0.5, 0.6) is 0 Å². The van der Waals surface area contributed by atoms with Crippen molar-refractivity contribution in [3.63, 3.8) is 0 Å². The van der Waals surface area contributed by atoms with Gasteiger partial charge in [-0.1, -0.05) is 35.4 Å². The Bertz CT molecular complexity index is 615. The van der Waals surface area contributed by atoms with Gasteiger partial charge in [-0.2, -0.15) is 0 Å². The third-order valence-corrected chi connectivity index (χ3v) is 4.66. The Kier molecular flexibility index (Phi) is 7.68. The highest BCUT2D eigenvalue weighted by atomic mass is 35.5. The molecule has 0 saturated carbocycles. The molecule has 1 aromatic carbocycles. The number of benzene rings is 1. The minimum absolute atomic E-state index is 0. The van der Waals surface area contributed by atoms with Crippen LogP contribution < -0.4 is 10.6 Å². The zero-order valence-corrected chi connectivity index (χ0v) is 15.5. The van der Waals surface area contributed by atoms with E-state index < -0.39 is 0 Å². The second kappa shape index (κ2) is 9.75. The van der Waals surface area contributed by atoms with Crippen molar-refractivity contribution in [1.82, 2.24) is 10.2 Å². The van der Waals surface area contributed by atoms with Crippen molar-refractivity contribution in [2.24, 2.45) is 11.7 Å². The van der Waals surface area contributed by atoms with Crippen molar-refractivity contribution < 1.29 is 9.15 Å². The third-order valence-electron chi connectivity index (χ3n) is 4.66. The van der Waals surface area contributed by atoms with Crippen LogP contribution in [0.2, 0.25) is 0 Å². The second-order valence-electron chi connectivity index (χ2n) is 6.43. The Morgan fingerprint density at radius 1 is 1.24 bits per heavy atom. The molecule has 3 rings (SSSR count). The summed E-state index contributed by atoms with van der Waals surface area (Å²) in [7, 11) is 1.76. The zero-order valence-electron chi connectivity index (χ0n) is 14.6. The largest absolute Gasteiger partial charge is 0.406 e. The van der Waals surface area contributed by atoms with Gasteiger partial charge in [0.25, 0.3) is 0 Å². The summed E-state index contributed by atoms with van der Waals surface area (Å²) in [5.74, 6) is 1.24. The molecule has 1 fully saturated rings. The molecule has 1 atom stereocenters. The fourth-order valence-electron chi connectivity index (χ4n) is 3.16. The zero-order chi connectivity index (χ0) is 16.8. The number of anilines is 1. The number of methoxy groups -OCH3 is 1. The molecule has 25 heavy (non-hydrogen) atoms. The van der Waals surface area contributed by atoms with Crippen LogP contribution in [0.25, 0.3) is 0 Å². The molecule has 0 unspecified atom stereocenters. The summed E-state index contributed by atoms with van der Waals surface area (Å²) in [6, 6.07) is 10.5. The maximum atomic E-state index is 6.22. The molecule has 0 bridgehead atoms. The number of rotatable bonds is 7. The first-order valence-electron chi connectivity index (χ1n) is 8.63. The van der Waals surface area contributed by atoms with Gasteiger partial charge in [0.1, 0.15) is 0 Å². The van der Waals surface area contributed by atoms with Crippen LogP contribution in [0, 0.1) is 5.92 Å². The molecule has 0 amide bonds. The normalized spacial score (nSPS) is 16.5. The monoisotopic (exact) mass is 366 g/mol. The number of hydrogen-bond acceptors (Lipinski definition) is 6. The molecule has 2 aromatic rings. The van der Waals surface area contributed by atoms with Crippen LogP contribution in [-0.4, -0.2) is 37.0 Å². The summed E-state index contributed by atoms with van der Waals surface area (Å²) in [5, 5.41) is 8.35. The minimum atomic E-state index is -0.270. The first kappa shape index (κ1) is 19.7. The van der Waals surface area contributed by atoms with Crippen LogP contribution in [0.4, 0.5) is 6.01 Å². The van der Waals surface area contributed by atoms with E-state index in [2.05, 4.69) is 27.2 Å². The van der Waals surface area contributed by atoms with E-state index in [-0.39, 0.29) is 18.4 Å². The highest BCUT2D eigenvalue weighted by Gasteiger charge is 2.24. The molecular formula is C18H27ClN4O2. The summed E-state index contributed by atoms with van der Waals surface area (Å²) in [4.78, 5) is 2.16. The lowest BCUT2D eigenvalue weighted by Gasteiger charge is -2.30. The van der Waals surface area contributed by atoms with Gasteiger partial charge < -0.3 is 19.8 Å². The molecule has 0 radical (unpaired) electrons. The fourth-order valence-corrected chi connectivity index (χ4v) is 3.16. The number of halogens is 1. The predicted molar refractivity (Wildman–Crippen MR) is 100 cm³/mol. The molecule has 1 saturated heterocycles. The van der Waals surface area contributed by atoms with Gasteiger partial charge in [-0.25, -0.2) is 0 Å². The van der Waals surface area contributed by atoms with Gasteiger partial charge in [-0.15, -0.1) is 17.5 Å². The Morgan fingerprint density at radius 3 is 2.64 bits per heavy atom. The van der Waals surface area contributed by atoms with E-state index in [1.807, 2.05) is 18.2 Å². The average molecular weight is 367 g/mol. The Hall–Kier alpha value is -1.63. The molecule has 1 aliphatic rings. The van der Waals surface area contributed by atoms with Gasteiger partial charge in [0.15, 0.2) is 0 Å². The van der Waals surface area contributed by atoms with Gasteiger partial charge in [0, 0.05) is 26.8 Å². The lowest BCUT2D eigenvalue weighted by Crippen LogP contribution is -2.34. The van der Waals surface area contributed by atoms with E-state index >= 15 is 0 Å². The van der Waals surface area contributed by atoms with E-state index in [4.69, 9.17) is 14.9 Å². The van der Waals surface area contributed by atoms with Gasteiger partial charge >= 0.3 is 6.01 Å². The topological polar surface area (TPSA) is 77.4 Å². The van der Waals surface area contributed by atoms with E-state index in [0.29, 0.717) is 18.3 Å². The number of piperidine rings is 1. The number of hydrogen-bond donors (Lipinski definition) is 1. The standard InChI is InChI=1S/C18H26N4O2.ClH/c1-23-12-9-14-7-10-22(11-8-14)18-21-20-17(24-18)16(19)13-15-5-3-2-4-6-15;/h2-6,14,16H,7-13,19H2,1H3;1H/t16-;/m1./s1. The summed E-state index contributed by atoms with van der Waals surface area (Å²) < 4.78 is 11.0. The van der Waals surface area contributed by atoms with Gasteiger partial charge in [-0.05, 0) is 37.2 Å². The molecule has 2 heterocycles. The van der Waals surface area contributed by atoms with Crippen LogP contribution in [0.3, 0.4) is 0 Å². The summed E-state index contributed by atoms with van der Waals surface area (Å²) in [5.41, 5.74) is 7.39. The molecule has 138 valence electrons. The lowest BCUT2D eigenvalue weighted by atomic mass is 9.94. The highest BCUT2D eigenvalue weighted by Crippen LogP contribution is 2.25. The Morgan fingerprint density at radius 2 is 1.96 bits per heavy atom. The van der Waals surface area contributed by atoms with Crippen molar-refractivity contribution in [3.05, 3.63) is 41.8 Å². The Balaban J connectivity index is 0.00000225. The number of aromatic nitrogens is 2. The smallest absolute Gasteiger partial charge is 0.318 e. The minimum Gasteiger partial charge on any atom is -0.406 e. The molecule has 1 aliphatic heterocycles. The molecule has 6 nitrogen and oxygen atoms in total. The van der Waals surface area contributed by atoms with Gasteiger partial charge in [0.05, 0.1) is 6.04 Å². The summed E-state index contributed by atoms with van der Waals surface area (Å²) in [6.45, 7) is 2.73. The summed E-state index contributed by atoms with van der Waals surface area (Å²) >= 11 is 0. The first-order chi connectivity index (χ1) is 11.8. The second-order valence-corrected chi connectivity index (χ2v) is 6.43. The van der Waals surface area contributed by atoms with E-state index in [1.54, 1.807) is 7.11 Å². The quantitative estimate of drug-likeness (QED) is 0.811. The maximum absolute atomic E-state index is 6.22. The SMILES string of the molecule is COCCC1CCN(c2nnc([C@H](N)Cc3ccccc3)o2)CC1.Cl. The van der Waals surface area contributed by atoms with E-state index in [0.717, 1.165) is 44.9 Å². The molecule has 0 spiro atoms. The fraction of sp³-hybridized carbons (Fsp3) is 0.556. The predicted octanol–water partition coefficient (Wildman–Crippen LogP) is 2.99. The van der Waals surface area contributed by atoms with Crippen molar-refractivity contribution in [3.8, 4) is 0 Å². The first-order valence-corrected chi connectivity index (χ1v) is 8.63. The molecule has 7 heteroatoms. The Labute approximate surface area is 155 Å². The van der Waals surface area contributed by atoms with Crippen LogP contribution >= 0.6 is 12.4 Å². The maximum Gasteiger partial charge on any atom is 0.318 e. The van der Waals surface area contributed by atoms with Crippen LogP contribution in [-0.2, 0) is 11.2 Å². The molecule has 2 N–H and O–H groups in total. The van der Waals surface area contributed by atoms with Crippen molar-refractivity contribution in [2.45, 2.75) is 31.7 Å². The number of nitrogens with zero attached hydrogens (tertiary/aromatic N) is 3. The lowest BCUT2D eigenvalue weighted by molar-refractivity contribution is 0.170. The molecule has 0 aliphatic carbocycles. The van der Waals surface area contributed by atoms with Crippen molar-refractivity contribution >= 4 is 18.4 Å². The van der Waals surface area contributed by atoms with E-state index in [1.165, 1.54) is 5.56 Å². The third kappa shape index (κ3) is 5.42. The molecule has 1 aromatic heterocycles. The van der Waals surface area contributed by atoms with Crippen LogP contribution in [0.1, 0.15) is 36.8 Å². The van der Waals surface area contributed by atoms with Crippen molar-refractivity contribution in [1.29, 1.82) is 0 Å². The molecular weight excluding hydrogens is 340 g/mol. The number of nitrogens with two attached hydrogens (primary N) is 1. The van der Waals surface area contributed by atoms with Crippen molar-refractivity contribution in [2.75, 3.05) is 31.7 Å². The highest BCUT2D eigenvalue weighted by molar-refractivity contribution is 5.85. The average Bonchev–Trinajstić information content (AvgIpc) is 3.11. The van der Waals surface area contributed by atoms with E-state index in [9.17, 15) is 0 Å². The van der Waals surface area contributed by atoms with Gasteiger partial charge in [-0.3, -0.25) is 0 Å². The number of ether oxygens (including phenoxy) is 1. The van der Waals surface area contributed by atoms with Gasteiger partial charge in [0.2, 0.25) is 5.89 Å². The van der Waals surface area contributed by atoms with Crippen LogP contribution in [0.15, 0.2) is 34.7 Å².